The number of rotatable bonds is 2. The van der Waals surface area contributed by atoms with Gasteiger partial charge in [-0.2, -0.15) is 0 Å². The average Bonchev–Trinajstić information content (AvgIpc) is 2.80. The Balaban J connectivity index is 1.62. The molecule has 1 aliphatic heterocycles. The fourth-order valence-corrected chi connectivity index (χ4v) is 4.07. The van der Waals surface area contributed by atoms with Gasteiger partial charge < -0.3 is 9.64 Å². The molecule has 0 spiro atoms. The van der Waals surface area contributed by atoms with Crippen LogP contribution in [0.3, 0.4) is 0 Å². The first kappa shape index (κ1) is 12.0. The van der Waals surface area contributed by atoms with Crippen LogP contribution in [-0.4, -0.2) is 41.4 Å². The van der Waals surface area contributed by atoms with E-state index in [4.69, 9.17) is 4.74 Å². The van der Waals surface area contributed by atoms with Gasteiger partial charge in [0.05, 0.1) is 12.2 Å². The summed E-state index contributed by atoms with van der Waals surface area (Å²) in [5.74, 6) is 2.22. The van der Waals surface area contributed by atoms with E-state index in [1.54, 1.807) is 0 Å². The molecule has 17 heavy (non-hydrogen) atoms. The summed E-state index contributed by atoms with van der Waals surface area (Å²) in [6.45, 7) is 3.60. The van der Waals surface area contributed by atoms with E-state index < -0.39 is 0 Å². The van der Waals surface area contributed by atoms with E-state index in [0.717, 1.165) is 30.3 Å². The minimum atomic E-state index is 0.168. The summed E-state index contributed by atoms with van der Waals surface area (Å²) >= 11 is 3.45. The molecule has 0 bridgehead atoms. The molecule has 2 aliphatic carbocycles. The number of morpholine rings is 1. The molecular formula is C13H20BrNO2. The highest BCUT2D eigenvalue weighted by Gasteiger charge is 2.57. The number of carbonyl (C=O) groups excluding carboxylic acids is 1. The van der Waals surface area contributed by atoms with Crippen LogP contribution in [0.4, 0.5) is 0 Å². The van der Waals surface area contributed by atoms with Crippen molar-refractivity contribution in [1.29, 1.82) is 0 Å². The van der Waals surface area contributed by atoms with Gasteiger partial charge in [0, 0.05) is 24.3 Å². The molecule has 96 valence electrons. The molecule has 2 saturated carbocycles. The average molecular weight is 302 g/mol. The van der Waals surface area contributed by atoms with Crippen LogP contribution < -0.4 is 0 Å². The number of hydrogen-bond acceptors (Lipinski definition) is 2. The first-order valence-corrected chi connectivity index (χ1v) is 7.83. The SMILES string of the molecule is CC1CN(C(=O)C2C3CCCC32)CC(CBr)O1. The van der Waals surface area contributed by atoms with Crippen molar-refractivity contribution in [1.82, 2.24) is 4.90 Å². The van der Waals surface area contributed by atoms with Crippen LogP contribution >= 0.6 is 15.9 Å². The second-order valence-electron chi connectivity index (χ2n) is 5.75. The van der Waals surface area contributed by atoms with Crippen LogP contribution in [0.15, 0.2) is 0 Å². The monoisotopic (exact) mass is 301 g/mol. The normalized spacial score (nSPS) is 44.6. The van der Waals surface area contributed by atoms with Crippen molar-refractivity contribution in [3.05, 3.63) is 0 Å². The largest absolute Gasteiger partial charge is 0.371 e. The highest BCUT2D eigenvalue weighted by atomic mass is 79.9. The summed E-state index contributed by atoms with van der Waals surface area (Å²) < 4.78 is 5.77. The maximum atomic E-state index is 12.4. The van der Waals surface area contributed by atoms with Crippen LogP contribution in [0.2, 0.25) is 0 Å². The van der Waals surface area contributed by atoms with Crippen LogP contribution in [0.5, 0.6) is 0 Å². The molecule has 0 aromatic carbocycles. The minimum Gasteiger partial charge on any atom is -0.371 e. The van der Waals surface area contributed by atoms with E-state index >= 15 is 0 Å². The molecule has 1 heterocycles. The topological polar surface area (TPSA) is 29.5 Å². The minimum absolute atomic E-state index is 0.168. The molecule has 0 aromatic rings. The van der Waals surface area contributed by atoms with E-state index in [2.05, 4.69) is 22.9 Å². The second kappa shape index (κ2) is 4.54. The predicted octanol–water partition coefficient (Wildman–Crippen LogP) is 2.04. The van der Waals surface area contributed by atoms with E-state index in [9.17, 15) is 4.79 Å². The number of alkyl halides is 1. The fourth-order valence-electron chi connectivity index (χ4n) is 3.71. The van der Waals surface area contributed by atoms with Gasteiger partial charge in [0.1, 0.15) is 0 Å². The summed E-state index contributed by atoms with van der Waals surface area (Å²) in [5, 5.41) is 0.818. The van der Waals surface area contributed by atoms with Crippen molar-refractivity contribution < 1.29 is 9.53 Å². The summed E-state index contributed by atoms with van der Waals surface area (Å²) in [6, 6.07) is 0. The Morgan fingerprint density at radius 3 is 2.71 bits per heavy atom. The first-order chi connectivity index (χ1) is 8.20. The van der Waals surface area contributed by atoms with E-state index in [1.165, 1.54) is 19.3 Å². The molecule has 4 heteroatoms. The lowest BCUT2D eigenvalue weighted by Gasteiger charge is -2.36. The first-order valence-electron chi connectivity index (χ1n) is 6.71. The van der Waals surface area contributed by atoms with Gasteiger partial charge in [-0.05, 0) is 31.6 Å². The van der Waals surface area contributed by atoms with Crippen molar-refractivity contribution in [3.8, 4) is 0 Å². The molecule has 3 aliphatic rings. The smallest absolute Gasteiger partial charge is 0.226 e. The quantitative estimate of drug-likeness (QED) is 0.731. The van der Waals surface area contributed by atoms with Gasteiger partial charge in [-0.3, -0.25) is 4.79 Å². The highest BCUT2D eigenvalue weighted by Crippen LogP contribution is 2.58. The molecule has 0 radical (unpaired) electrons. The van der Waals surface area contributed by atoms with Crippen LogP contribution in [0, 0.1) is 17.8 Å². The van der Waals surface area contributed by atoms with Gasteiger partial charge in [0.2, 0.25) is 5.91 Å². The number of nitrogens with zero attached hydrogens (tertiary/aromatic N) is 1. The number of fused-ring (bicyclic) bond motifs is 1. The van der Waals surface area contributed by atoms with Crippen LogP contribution in [-0.2, 0) is 9.53 Å². The van der Waals surface area contributed by atoms with E-state index in [1.807, 2.05) is 4.90 Å². The maximum absolute atomic E-state index is 12.4. The van der Waals surface area contributed by atoms with Gasteiger partial charge in [-0.15, -0.1) is 0 Å². The molecule has 4 unspecified atom stereocenters. The molecule has 1 saturated heterocycles. The Kier molecular flexibility index (Phi) is 3.20. The summed E-state index contributed by atoms with van der Waals surface area (Å²) in [4.78, 5) is 14.5. The van der Waals surface area contributed by atoms with Crippen LogP contribution in [0.25, 0.3) is 0 Å². The number of carbonyl (C=O) groups is 1. The third-order valence-corrected chi connectivity index (χ3v) is 5.22. The Morgan fingerprint density at radius 1 is 1.35 bits per heavy atom. The number of ether oxygens (including phenoxy) is 1. The van der Waals surface area contributed by atoms with Gasteiger partial charge >= 0.3 is 0 Å². The summed E-state index contributed by atoms with van der Waals surface area (Å²) in [5.41, 5.74) is 0. The highest BCUT2D eigenvalue weighted by molar-refractivity contribution is 9.09. The lowest BCUT2D eigenvalue weighted by atomic mass is 10.1. The van der Waals surface area contributed by atoms with Gasteiger partial charge in [0.25, 0.3) is 0 Å². The zero-order valence-corrected chi connectivity index (χ0v) is 11.9. The zero-order valence-electron chi connectivity index (χ0n) is 10.3. The van der Waals surface area contributed by atoms with Crippen molar-refractivity contribution in [2.45, 2.75) is 38.4 Å². The lowest BCUT2D eigenvalue weighted by molar-refractivity contribution is -0.145. The lowest BCUT2D eigenvalue weighted by Crippen LogP contribution is -2.50. The predicted molar refractivity (Wildman–Crippen MR) is 69.0 cm³/mol. The Labute approximate surface area is 111 Å². The molecule has 1 amide bonds. The number of halogens is 1. The van der Waals surface area contributed by atoms with Crippen molar-refractivity contribution in [3.63, 3.8) is 0 Å². The molecule has 3 fully saturated rings. The second-order valence-corrected chi connectivity index (χ2v) is 6.40. The van der Waals surface area contributed by atoms with Crippen molar-refractivity contribution in [2.75, 3.05) is 18.4 Å². The molecule has 4 atom stereocenters. The third-order valence-electron chi connectivity index (χ3n) is 4.50. The zero-order chi connectivity index (χ0) is 12.0. The standard InChI is InChI=1S/C13H20BrNO2/c1-8-6-15(7-9(5-14)17-8)13(16)12-10-3-2-4-11(10)12/h8-12H,2-7H2,1H3. The van der Waals surface area contributed by atoms with Gasteiger partial charge in [-0.25, -0.2) is 0 Å². The fraction of sp³-hybridized carbons (Fsp3) is 0.923. The Bertz CT molecular complexity index is 313. The van der Waals surface area contributed by atoms with Gasteiger partial charge in [0.15, 0.2) is 0 Å². The Morgan fingerprint density at radius 2 is 2.06 bits per heavy atom. The molecule has 3 rings (SSSR count). The molecule has 3 nitrogen and oxygen atoms in total. The van der Waals surface area contributed by atoms with E-state index in [-0.39, 0.29) is 12.2 Å². The molecule has 0 N–H and O–H groups in total. The van der Waals surface area contributed by atoms with E-state index in [0.29, 0.717) is 11.8 Å². The maximum Gasteiger partial charge on any atom is 0.226 e. The molecule has 0 aromatic heterocycles. The Hall–Kier alpha value is -0.0900. The summed E-state index contributed by atoms with van der Waals surface area (Å²) in [7, 11) is 0. The van der Waals surface area contributed by atoms with Crippen molar-refractivity contribution in [2.24, 2.45) is 17.8 Å². The third kappa shape index (κ3) is 2.14. The molecular weight excluding hydrogens is 282 g/mol. The number of amides is 1. The van der Waals surface area contributed by atoms with Crippen molar-refractivity contribution >= 4 is 21.8 Å². The van der Waals surface area contributed by atoms with Gasteiger partial charge in [-0.1, -0.05) is 22.4 Å². The van der Waals surface area contributed by atoms with Crippen LogP contribution in [0.1, 0.15) is 26.2 Å². The number of hydrogen-bond donors (Lipinski definition) is 0. The summed E-state index contributed by atoms with van der Waals surface area (Å²) in [6.07, 6.45) is 4.24.